The molecule has 2 rings (SSSR count). The summed E-state index contributed by atoms with van der Waals surface area (Å²) in [5.41, 5.74) is 7.25. The van der Waals surface area contributed by atoms with Gasteiger partial charge >= 0.3 is 0 Å². The third-order valence-corrected chi connectivity index (χ3v) is 2.77. The number of anilines is 1. The highest BCUT2D eigenvalue weighted by molar-refractivity contribution is 7.80. The first-order valence-electron chi connectivity index (χ1n) is 5.56. The van der Waals surface area contributed by atoms with E-state index in [-0.39, 0.29) is 11.7 Å². The van der Waals surface area contributed by atoms with Crippen molar-refractivity contribution in [2.45, 2.75) is 0 Å². The molecule has 0 fully saturated rings. The molecule has 0 saturated carbocycles. The van der Waals surface area contributed by atoms with Gasteiger partial charge in [-0.2, -0.15) is 0 Å². The van der Waals surface area contributed by atoms with E-state index >= 15 is 0 Å². The molecule has 4 N–H and O–H groups in total. The van der Waals surface area contributed by atoms with Gasteiger partial charge < -0.3 is 16.2 Å². The number of thiocarbonyl (C=S) groups is 1. The minimum absolute atomic E-state index is 0.0523. The van der Waals surface area contributed by atoms with E-state index in [9.17, 15) is 9.90 Å². The number of rotatable bonds is 3. The van der Waals surface area contributed by atoms with Crippen molar-refractivity contribution in [2.75, 3.05) is 5.32 Å². The number of carbonyl (C=O) groups is 1. The maximum atomic E-state index is 11.9. The van der Waals surface area contributed by atoms with Crippen molar-refractivity contribution >= 4 is 28.8 Å². The Kier molecular flexibility index (Phi) is 3.77. The van der Waals surface area contributed by atoms with E-state index < -0.39 is 0 Å². The van der Waals surface area contributed by atoms with E-state index in [1.54, 1.807) is 36.4 Å². The molecule has 0 radical (unpaired) electrons. The minimum Gasteiger partial charge on any atom is -0.508 e. The standard InChI is InChI=1S/C14H12N2O2S/c15-13(19)9-4-6-11(7-5-9)16-14(18)10-2-1-3-12(17)8-10/h1-8,17H,(H2,15,19)(H,16,18). The van der Waals surface area contributed by atoms with Gasteiger partial charge in [0.05, 0.1) is 0 Å². The summed E-state index contributed by atoms with van der Waals surface area (Å²) in [6.45, 7) is 0. The number of amides is 1. The predicted octanol–water partition coefficient (Wildman–Crippen LogP) is 2.28. The van der Waals surface area contributed by atoms with Crippen molar-refractivity contribution in [3.63, 3.8) is 0 Å². The van der Waals surface area contributed by atoms with Crippen LogP contribution in [-0.4, -0.2) is 16.0 Å². The SMILES string of the molecule is NC(=S)c1ccc(NC(=O)c2cccc(O)c2)cc1. The van der Waals surface area contributed by atoms with Crippen molar-refractivity contribution in [2.24, 2.45) is 5.73 Å². The average Bonchev–Trinajstić information content (AvgIpc) is 2.39. The van der Waals surface area contributed by atoms with Crippen LogP contribution in [-0.2, 0) is 0 Å². The Morgan fingerprint density at radius 3 is 2.37 bits per heavy atom. The highest BCUT2D eigenvalue weighted by Gasteiger charge is 2.06. The Morgan fingerprint density at radius 2 is 1.79 bits per heavy atom. The van der Waals surface area contributed by atoms with Crippen LogP contribution >= 0.6 is 12.2 Å². The van der Waals surface area contributed by atoms with E-state index in [2.05, 4.69) is 5.32 Å². The number of phenolic OH excluding ortho intramolecular Hbond substituents is 1. The van der Waals surface area contributed by atoms with Crippen LogP contribution in [0.1, 0.15) is 15.9 Å². The summed E-state index contributed by atoms with van der Waals surface area (Å²) in [4.78, 5) is 12.2. The van der Waals surface area contributed by atoms with Gasteiger partial charge in [0, 0.05) is 16.8 Å². The van der Waals surface area contributed by atoms with Gasteiger partial charge in [0.15, 0.2) is 0 Å². The zero-order valence-corrected chi connectivity index (χ0v) is 10.8. The van der Waals surface area contributed by atoms with Crippen LogP contribution in [0.4, 0.5) is 5.69 Å². The topological polar surface area (TPSA) is 75.3 Å². The number of hydrogen-bond acceptors (Lipinski definition) is 3. The third-order valence-electron chi connectivity index (χ3n) is 2.54. The Bertz CT molecular complexity index is 624. The molecule has 0 spiro atoms. The Balaban J connectivity index is 2.13. The molecule has 0 aliphatic carbocycles. The summed E-state index contributed by atoms with van der Waals surface area (Å²) in [5, 5.41) is 12.0. The number of nitrogens with one attached hydrogen (secondary N) is 1. The smallest absolute Gasteiger partial charge is 0.255 e. The molecular weight excluding hydrogens is 260 g/mol. The minimum atomic E-state index is -0.293. The molecular formula is C14H12N2O2S. The second-order valence-corrected chi connectivity index (χ2v) is 4.39. The summed E-state index contributed by atoms with van der Waals surface area (Å²) in [7, 11) is 0. The van der Waals surface area contributed by atoms with E-state index in [1.165, 1.54) is 12.1 Å². The number of carbonyl (C=O) groups excluding carboxylic acids is 1. The van der Waals surface area contributed by atoms with E-state index in [0.717, 1.165) is 5.56 Å². The van der Waals surface area contributed by atoms with Crippen molar-refractivity contribution in [3.8, 4) is 5.75 Å². The van der Waals surface area contributed by atoms with Crippen LogP contribution < -0.4 is 11.1 Å². The van der Waals surface area contributed by atoms with Crippen molar-refractivity contribution in [3.05, 3.63) is 59.7 Å². The Morgan fingerprint density at radius 1 is 1.11 bits per heavy atom. The van der Waals surface area contributed by atoms with Gasteiger partial charge in [0.2, 0.25) is 0 Å². The van der Waals surface area contributed by atoms with Crippen LogP contribution in [0.15, 0.2) is 48.5 Å². The largest absolute Gasteiger partial charge is 0.508 e. The second-order valence-electron chi connectivity index (χ2n) is 3.95. The van der Waals surface area contributed by atoms with E-state index in [1.807, 2.05) is 0 Å². The first-order valence-corrected chi connectivity index (χ1v) is 5.97. The Labute approximate surface area is 115 Å². The van der Waals surface area contributed by atoms with Gasteiger partial charge in [0.25, 0.3) is 5.91 Å². The van der Waals surface area contributed by atoms with Gasteiger partial charge in [-0.25, -0.2) is 0 Å². The number of phenols is 1. The lowest BCUT2D eigenvalue weighted by atomic mass is 10.1. The van der Waals surface area contributed by atoms with Gasteiger partial charge in [-0.15, -0.1) is 0 Å². The monoisotopic (exact) mass is 272 g/mol. The van der Waals surface area contributed by atoms with E-state index in [4.69, 9.17) is 18.0 Å². The maximum absolute atomic E-state index is 11.9. The van der Waals surface area contributed by atoms with Crippen LogP contribution in [0.2, 0.25) is 0 Å². The zero-order chi connectivity index (χ0) is 13.8. The lowest BCUT2D eigenvalue weighted by Gasteiger charge is -2.06. The fraction of sp³-hybridized carbons (Fsp3) is 0. The third kappa shape index (κ3) is 3.29. The maximum Gasteiger partial charge on any atom is 0.255 e. The highest BCUT2D eigenvalue weighted by atomic mass is 32.1. The van der Waals surface area contributed by atoms with Crippen LogP contribution in [0.25, 0.3) is 0 Å². The van der Waals surface area contributed by atoms with Gasteiger partial charge in [-0.3, -0.25) is 4.79 Å². The van der Waals surface area contributed by atoms with E-state index in [0.29, 0.717) is 16.2 Å². The van der Waals surface area contributed by atoms with Crippen LogP contribution in [0.5, 0.6) is 5.75 Å². The molecule has 0 unspecified atom stereocenters. The molecule has 96 valence electrons. The van der Waals surface area contributed by atoms with Crippen LogP contribution in [0.3, 0.4) is 0 Å². The summed E-state index contributed by atoms with van der Waals surface area (Å²) in [6, 6.07) is 13.1. The fourth-order valence-corrected chi connectivity index (χ4v) is 1.70. The molecule has 4 nitrogen and oxygen atoms in total. The summed E-state index contributed by atoms with van der Waals surface area (Å²) >= 11 is 4.85. The lowest BCUT2D eigenvalue weighted by Crippen LogP contribution is -2.12. The highest BCUT2D eigenvalue weighted by Crippen LogP contribution is 2.14. The summed E-state index contributed by atoms with van der Waals surface area (Å²) in [5.74, 6) is -0.240. The van der Waals surface area contributed by atoms with Gasteiger partial charge in [-0.1, -0.05) is 18.3 Å². The summed E-state index contributed by atoms with van der Waals surface area (Å²) < 4.78 is 0. The molecule has 1 amide bonds. The van der Waals surface area contributed by atoms with Crippen molar-refractivity contribution in [1.82, 2.24) is 0 Å². The van der Waals surface area contributed by atoms with Gasteiger partial charge in [-0.05, 0) is 42.5 Å². The number of nitrogens with two attached hydrogens (primary N) is 1. The molecule has 0 bridgehead atoms. The molecule has 0 saturated heterocycles. The zero-order valence-electron chi connectivity index (χ0n) is 9.96. The molecule has 0 aliphatic rings. The number of hydrogen-bond donors (Lipinski definition) is 3. The number of aromatic hydroxyl groups is 1. The quantitative estimate of drug-likeness (QED) is 0.749. The summed E-state index contributed by atoms with van der Waals surface area (Å²) in [6.07, 6.45) is 0. The molecule has 5 heteroatoms. The first kappa shape index (κ1) is 13.0. The lowest BCUT2D eigenvalue weighted by molar-refractivity contribution is 0.102. The molecule has 0 aliphatic heterocycles. The number of benzene rings is 2. The molecule has 2 aromatic rings. The molecule has 0 heterocycles. The normalized spacial score (nSPS) is 9.89. The fourth-order valence-electron chi connectivity index (χ4n) is 1.57. The Hall–Kier alpha value is -2.40. The second kappa shape index (κ2) is 5.49. The molecule has 2 aromatic carbocycles. The van der Waals surface area contributed by atoms with Crippen molar-refractivity contribution in [1.29, 1.82) is 0 Å². The van der Waals surface area contributed by atoms with Crippen LogP contribution in [0, 0.1) is 0 Å². The van der Waals surface area contributed by atoms with Crippen molar-refractivity contribution < 1.29 is 9.90 Å². The molecule has 0 atom stereocenters. The predicted molar refractivity (Wildman–Crippen MR) is 78.4 cm³/mol. The molecule has 0 aromatic heterocycles. The molecule has 19 heavy (non-hydrogen) atoms. The average molecular weight is 272 g/mol. The van der Waals surface area contributed by atoms with Gasteiger partial charge in [0.1, 0.15) is 10.7 Å². The first-order chi connectivity index (χ1) is 9.06.